The van der Waals surface area contributed by atoms with E-state index in [1.165, 1.54) is 12.1 Å². The van der Waals surface area contributed by atoms with Gasteiger partial charge in [0.05, 0.1) is 15.7 Å². The number of imidazole rings is 1. The van der Waals surface area contributed by atoms with Crippen LogP contribution in [0, 0.1) is 11.6 Å². The Balaban J connectivity index is 2.23. The number of hydrogen-bond donors (Lipinski definition) is 0. The lowest BCUT2D eigenvalue weighted by Gasteiger charge is -1.98. The van der Waals surface area contributed by atoms with Crippen LogP contribution >= 0.6 is 23.2 Å². The number of pyridine rings is 1. The van der Waals surface area contributed by atoms with Crippen LogP contribution in [0.4, 0.5) is 8.78 Å². The average molecular weight is 299 g/mol. The molecule has 2 nitrogen and oxygen atoms in total. The number of fused-ring (bicyclic) bond motifs is 1. The van der Waals surface area contributed by atoms with E-state index in [4.69, 9.17) is 23.2 Å². The average Bonchev–Trinajstić information content (AvgIpc) is 2.72. The molecule has 6 heteroatoms. The maximum absolute atomic E-state index is 13.7. The van der Waals surface area contributed by atoms with E-state index in [9.17, 15) is 8.78 Å². The standard InChI is InChI=1S/C13H6Cl2F2N2/c14-7-3-10(15)13-18-12(6-19(13)5-7)9-2-1-8(16)4-11(9)17/h1-6H. The smallest absolute Gasteiger partial charge is 0.156 e. The summed E-state index contributed by atoms with van der Waals surface area (Å²) in [6.45, 7) is 0. The molecule has 0 saturated heterocycles. The molecule has 0 bridgehead atoms. The highest BCUT2D eigenvalue weighted by molar-refractivity contribution is 6.36. The van der Waals surface area contributed by atoms with Crippen molar-refractivity contribution in [1.29, 1.82) is 0 Å². The van der Waals surface area contributed by atoms with Gasteiger partial charge in [0.15, 0.2) is 5.65 Å². The number of halogens is 4. The summed E-state index contributed by atoms with van der Waals surface area (Å²) in [5.41, 5.74) is 1.03. The van der Waals surface area contributed by atoms with Gasteiger partial charge in [-0.1, -0.05) is 23.2 Å². The Morgan fingerprint density at radius 3 is 2.58 bits per heavy atom. The molecule has 96 valence electrons. The van der Waals surface area contributed by atoms with Crippen molar-refractivity contribution in [1.82, 2.24) is 9.38 Å². The summed E-state index contributed by atoms with van der Waals surface area (Å²) >= 11 is 11.9. The lowest BCUT2D eigenvalue weighted by molar-refractivity contribution is 0.585. The summed E-state index contributed by atoms with van der Waals surface area (Å²) in [5, 5.41) is 0.808. The predicted molar refractivity (Wildman–Crippen MR) is 70.6 cm³/mol. The third-order valence-corrected chi connectivity index (χ3v) is 3.16. The van der Waals surface area contributed by atoms with E-state index >= 15 is 0 Å². The largest absolute Gasteiger partial charge is 0.304 e. The van der Waals surface area contributed by atoms with Crippen molar-refractivity contribution in [2.24, 2.45) is 0 Å². The van der Waals surface area contributed by atoms with Crippen LogP contribution in [0.25, 0.3) is 16.9 Å². The Morgan fingerprint density at radius 1 is 1.05 bits per heavy atom. The minimum atomic E-state index is -0.675. The second kappa shape index (κ2) is 4.47. The molecule has 3 rings (SSSR count). The summed E-state index contributed by atoms with van der Waals surface area (Å²) in [4.78, 5) is 4.22. The van der Waals surface area contributed by atoms with Gasteiger partial charge in [-0.3, -0.25) is 0 Å². The van der Waals surface area contributed by atoms with E-state index in [1.54, 1.807) is 22.9 Å². The van der Waals surface area contributed by atoms with Gasteiger partial charge < -0.3 is 4.40 Å². The van der Waals surface area contributed by atoms with Gasteiger partial charge in [0.2, 0.25) is 0 Å². The highest BCUT2D eigenvalue weighted by Gasteiger charge is 2.12. The molecule has 0 saturated carbocycles. The van der Waals surface area contributed by atoms with Crippen molar-refractivity contribution < 1.29 is 8.78 Å². The SMILES string of the molecule is Fc1ccc(-c2cn3cc(Cl)cc(Cl)c3n2)c(F)c1. The van der Waals surface area contributed by atoms with E-state index < -0.39 is 11.6 Å². The van der Waals surface area contributed by atoms with Crippen LogP contribution in [-0.4, -0.2) is 9.38 Å². The normalized spacial score (nSPS) is 11.2. The quantitative estimate of drug-likeness (QED) is 0.642. The van der Waals surface area contributed by atoms with Crippen LogP contribution in [-0.2, 0) is 0 Å². The first kappa shape index (κ1) is 12.4. The molecule has 0 unspecified atom stereocenters. The molecule has 0 aliphatic heterocycles. The van der Waals surface area contributed by atoms with E-state index in [2.05, 4.69) is 4.98 Å². The predicted octanol–water partition coefficient (Wildman–Crippen LogP) is 4.59. The summed E-state index contributed by atoms with van der Waals surface area (Å²) in [5.74, 6) is -1.31. The molecule has 19 heavy (non-hydrogen) atoms. The minimum absolute atomic E-state index is 0.206. The Hall–Kier alpha value is -1.65. The first-order chi connectivity index (χ1) is 9.04. The second-order valence-corrected chi connectivity index (χ2v) is 4.83. The highest BCUT2D eigenvalue weighted by atomic mass is 35.5. The molecule has 0 amide bonds. The van der Waals surface area contributed by atoms with Gasteiger partial charge in [-0.05, 0) is 18.2 Å². The summed E-state index contributed by atoms with van der Waals surface area (Å²) in [7, 11) is 0. The minimum Gasteiger partial charge on any atom is -0.304 e. The zero-order chi connectivity index (χ0) is 13.6. The number of benzene rings is 1. The molecular weight excluding hydrogens is 293 g/mol. The molecule has 3 aromatic rings. The van der Waals surface area contributed by atoms with E-state index in [1.807, 2.05) is 0 Å². The van der Waals surface area contributed by atoms with E-state index in [0.717, 1.165) is 6.07 Å². The van der Waals surface area contributed by atoms with Gasteiger partial charge in [-0.25, -0.2) is 13.8 Å². The molecule has 0 atom stereocenters. The lowest BCUT2D eigenvalue weighted by Crippen LogP contribution is -1.85. The number of nitrogens with zero attached hydrogens (tertiary/aromatic N) is 2. The van der Waals surface area contributed by atoms with Gasteiger partial charge >= 0.3 is 0 Å². The number of aromatic nitrogens is 2. The molecule has 0 N–H and O–H groups in total. The summed E-state index contributed by atoms with van der Waals surface area (Å²) in [6.07, 6.45) is 3.20. The van der Waals surface area contributed by atoms with E-state index in [-0.39, 0.29) is 5.56 Å². The molecule has 0 aliphatic rings. The highest BCUT2D eigenvalue weighted by Crippen LogP contribution is 2.27. The Morgan fingerprint density at radius 2 is 1.84 bits per heavy atom. The third kappa shape index (κ3) is 2.17. The lowest BCUT2D eigenvalue weighted by atomic mass is 10.1. The molecule has 0 spiro atoms. The van der Waals surface area contributed by atoms with Crippen LogP contribution in [0.1, 0.15) is 0 Å². The Labute approximate surface area is 117 Å². The molecule has 1 aromatic carbocycles. The fourth-order valence-corrected chi connectivity index (χ4v) is 2.38. The molecule has 0 radical (unpaired) electrons. The molecule has 2 heterocycles. The van der Waals surface area contributed by atoms with Crippen molar-refractivity contribution in [2.45, 2.75) is 0 Å². The van der Waals surface area contributed by atoms with Gasteiger partial charge in [0.25, 0.3) is 0 Å². The Bertz CT molecular complexity index is 784. The molecule has 0 fully saturated rings. The maximum atomic E-state index is 13.7. The van der Waals surface area contributed by atoms with Crippen LogP contribution in [0.15, 0.2) is 36.7 Å². The first-order valence-corrected chi connectivity index (χ1v) is 6.09. The maximum Gasteiger partial charge on any atom is 0.156 e. The van der Waals surface area contributed by atoms with Crippen LogP contribution < -0.4 is 0 Å². The van der Waals surface area contributed by atoms with Crippen molar-refractivity contribution in [3.63, 3.8) is 0 Å². The van der Waals surface area contributed by atoms with Gasteiger partial charge in [-0.2, -0.15) is 0 Å². The number of rotatable bonds is 1. The molecule has 2 aromatic heterocycles. The zero-order valence-electron chi connectivity index (χ0n) is 9.37. The van der Waals surface area contributed by atoms with Crippen molar-refractivity contribution in [3.8, 4) is 11.3 Å². The van der Waals surface area contributed by atoms with Gasteiger partial charge in [0, 0.05) is 24.0 Å². The van der Waals surface area contributed by atoms with Crippen LogP contribution in [0.5, 0.6) is 0 Å². The van der Waals surface area contributed by atoms with E-state index in [0.29, 0.717) is 21.4 Å². The third-order valence-electron chi connectivity index (χ3n) is 2.68. The first-order valence-electron chi connectivity index (χ1n) is 5.34. The fraction of sp³-hybridized carbons (Fsp3) is 0. The van der Waals surface area contributed by atoms with Crippen LogP contribution in [0.3, 0.4) is 0 Å². The summed E-state index contributed by atoms with van der Waals surface area (Å²) in [6, 6.07) is 4.88. The topological polar surface area (TPSA) is 17.3 Å². The Kier molecular flexibility index (Phi) is 2.92. The molecule has 0 aliphatic carbocycles. The number of hydrogen-bond acceptors (Lipinski definition) is 1. The van der Waals surface area contributed by atoms with Gasteiger partial charge in [-0.15, -0.1) is 0 Å². The second-order valence-electron chi connectivity index (χ2n) is 3.99. The fourth-order valence-electron chi connectivity index (χ4n) is 1.85. The zero-order valence-corrected chi connectivity index (χ0v) is 10.9. The van der Waals surface area contributed by atoms with Crippen molar-refractivity contribution in [3.05, 3.63) is 58.3 Å². The van der Waals surface area contributed by atoms with Crippen LogP contribution in [0.2, 0.25) is 10.0 Å². The van der Waals surface area contributed by atoms with Gasteiger partial charge in [0.1, 0.15) is 11.6 Å². The van der Waals surface area contributed by atoms with Crippen molar-refractivity contribution in [2.75, 3.05) is 0 Å². The monoisotopic (exact) mass is 298 g/mol. The summed E-state index contributed by atoms with van der Waals surface area (Å²) < 4.78 is 28.2. The molecular formula is C13H6Cl2F2N2. The van der Waals surface area contributed by atoms with Crippen molar-refractivity contribution >= 4 is 28.8 Å².